The Labute approximate surface area is 123 Å². The maximum Gasteiger partial charge on any atom is 0.0580 e. The molecule has 2 fully saturated rings. The van der Waals surface area contributed by atoms with E-state index in [1.165, 1.54) is 25.7 Å². The average Bonchev–Trinajstić information content (AvgIpc) is 2.98. The molecule has 4 heteroatoms. The van der Waals surface area contributed by atoms with Gasteiger partial charge in [0.25, 0.3) is 0 Å². The van der Waals surface area contributed by atoms with Gasteiger partial charge in [0, 0.05) is 26.2 Å². The topological polar surface area (TPSA) is 46.9 Å². The van der Waals surface area contributed by atoms with Crippen LogP contribution in [-0.2, 0) is 0 Å². The summed E-state index contributed by atoms with van der Waals surface area (Å²) >= 11 is 0. The number of hydrogen-bond donors (Lipinski definition) is 2. The van der Waals surface area contributed by atoms with E-state index in [1.807, 2.05) is 0 Å². The fourth-order valence-electron chi connectivity index (χ4n) is 3.79. The summed E-state index contributed by atoms with van der Waals surface area (Å²) in [7, 11) is 4.31. The van der Waals surface area contributed by atoms with Crippen molar-refractivity contribution in [3.8, 4) is 0 Å². The Morgan fingerprint density at radius 3 is 1.45 bits per heavy atom. The summed E-state index contributed by atoms with van der Waals surface area (Å²) in [6.45, 7) is 4.12. The molecule has 0 aromatic carbocycles. The molecule has 0 spiro atoms. The van der Waals surface area contributed by atoms with Crippen molar-refractivity contribution in [2.45, 2.75) is 50.7 Å². The van der Waals surface area contributed by atoms with Gasteiger partial charge >= 0.3 is 0 Å². The monoisotopic (exact) mass is 284 g/mol. The fraction of sp³-hybridized carbons (Fsp3) is 1.00. The van der Waals surface area contributed by atoms with E-state index in [0.717, 1.165) is 39.0 Å². The molecule has 4 atom stereocenters. The van der Waals surface area contributed by atoms with Gasteiger partial charge in [-0.15, -0.1) is 0 Å². The van der Waals surface area contributed by atoms with Crippen LogP contribution in [0.1, 0.15) is 38.5 Å². The summed E-state index contributed by atoms with van der Waals surface area (Å²) in [5, 5.41) is 19.7. The molecule has 0 amide bonds. The molecule has 20 heavy (non-hydrogen) atoms. The highest BCUT2D eigenvalue weighted by molar-refractivity contribution is 4.80. The molecular formula is C16H32N2O2. The van der Waals surface area contributed by atoms with E-state index < -0.39 is 0 Å². The number of nitrogens with zero attached hydrogens (tertiary/aromatic N) is 2. The predicted octanol–water partition coefficient (Wildman–Crippen LogP) is 1.17. The number of hydrogen-bond acceptors (Lipinski definition) is 4. The summed E-state index contributed by atoms with van der Waals surface area (Å²) in [6, 6.07) is 0. The van der Waals surface area contributed by atoms with Gasteiger partial charge in [0.2, 0.25) is 0 Å². The van der Waals surface area contributed by atoms with Crippen LogP contribution in [0.15, 0.2) is 0 Å². The minimum absolute atomic E-state index is 0.0798. The van der Waals surface area contributed by atoms with Crippen LogP contribution in [-0.4, -0.2) is 72.5 Å². The van der Waals surface area contributed by atoms with Crippen LogP contribution in [0, 0.1) is 11.8 Å². The molecule has 0 bridgehead atoms. The zero-order valence-electron chi connectivity index (χ0n) is 13.2. The largest absolute Gasteiger partial charge is 0.393 e. The SMILES string of the molecule is CN(CCN(C)CC1CCCC1O)CC1CCCC1O. The standard InChI is InChI=1S/C16H32N2O2/c1-17(11-13-5-3-7-15(13)19)9-10-18(2)12-14-6-4-8-16(14)20/h13-16,19-20H,3-12H2,1-2H3. The predicted molar refractivity (Wildman–Crippen MR) is 81.7 cm³/mol. The minimum Gasteiger partial charge on any atom is -0.393 e. The van der Waals surface area contributed by atoms with Crippen LogP contribution >= 0.6 is 0 Å². The Hall–Kier alpha value is -0.160. The molecule has 2 N–H and O–H groups in total. The molecule has 0 heterocycles. The maximum atomic E-state index is 9.87. The lowest BCUT2D eigenvalue weighted by molar-refractivity contribution is 0.0957. The normalized spacial score (nSPS) is 34.5. The molecule has 0 aromatic rings. The smallest absolute Gasteiger partial charge is 0.0580 e. The van der Waals surface area contributed by atoms with Crippen LogP contribution < -0.4 is 0 Å². The molecule has 2 rings (SSSR count). The molecule has 2 saturated carbocycles. The molecule has 0 saturated heterocycles. The van der Waals surface area contributed by atoms with Gasteiger partial charge in [0.05, 0.1) is 12.2 Å². The van der Waals surface area contributed by atoms with E-state index in [1.54, 1.807) is 0 Å². The van der Waals surface area contributed by atoms with Crippen LogP contribution in [0.25, 0.3) is 0 Å². The third-order valence-electron chi connectivity index (χ3n) is 5.19. The lowest BCUT2D eigenvalue weighted by Gasteiger charge is -2.27. The molecule has 4 nitrogen and oxygen atoms in total. The Balaban J connectivity index is 1.61. The summed E-state index contributed by atoms with van der Waals surface area (Å²) in [4.78, 5) is 4.70. The van der Waals surface area contributed by atoms with Gasteiger partial charge < -0.3 is 20.0 Å². The van der Waals surface area contributed by atoms with E-state index in [9.17, 15) is 10.2 Å². The zero-order valence-corrected chi connectivity index (χ0v) is 13.2. The van der Waals surface area contributed by atoms with E-state index >= 15 is 0 Å². The van der Waals surface area contributed by atoms with Crippen molar-refractivity contribution >= 4 is 0 Å². The van der Waals surface area contributed by atoms with Crippen LogP contribution in [0.2, 0.25) is 0 Å². The van der Waals surface area contributed by atoms with Crippen molar-refractivity contribution in [3.63, 3.8) is 0 Å². The van der Waals surface area contributed by atoms with Crippen molar-refractivity contribution in [2.75, 3.05) is 40.3 Å². The van der Waals surface area contributed by atoms with Gasteiger partial charge in [-0.25, -0.2) is 0 Å². The number of likely N-dealkylation sites (N-methyl/N-ethyl adjacent to an activating group) is 2. The Morgan fingerprint density at radius 1 is 0.750 bits per heavy atom. The minimum atomic E-state index is -0.0798. The highest BCUT2D eigenvalue weighted by atomic mass is 16.3. The zero-order chi connectivity index (χ0) is 14.5. The molecule has 0 aliphatic heterocycles. The maximum absolute atomic E-state index is 9.87. The van der Waals surface area contributed by atoms with Crippen LogP contribution in [0.4, 0.5) is 0 Å². The molecule has 2 aliphatic carbocycles. The van der Waals surface area contributed by atoms with Crippen molar-refractivity contribution in [3.05, 3.63) is 0 Å². The molecular weight excluding hydrogens is 252 g/mol. The van der Waals surface area contributed by atoms with E-state index in [2.05, 4.69) is 23.9 Å². The number of aliphatic hydroxyl groups is 2. The first kappa shape index (κ1) is 16.2. The second-order valence-corrected chi connectivity index (χ2v) is 7.04. The Bertz CT molecular complexity index is 260. The Morgan fingerprint density at radius 2 is 1.15 bits per heavy atom. The van der Waals surface area contributed by atoms with Crippen LogP contribution in [0.3, 0.4) is 0 Å². The highest BCUT2D eigenvalue weighted by Gasteiger charge is 2.27. The first-order valence-corrected chi connectivity index (χ1v) is 8.29. The Kier molecular flexibility index (Phi) is 6.27. The average molecular weight is 284 g/mol. The van der Waals surface area contributed by atoms with Gasteiger partial charge in [0.1, 0.15) is 0 Å². The summed E-state index contributed by atoms with van der Waals surface area (Å²) in [6.07, 6.45) is 6.52. The van der Waals surface area contributed by atoms with E-state index in [0.29, 0.717) is 11.8 Å². The second-order valence-electron chi connectivity index (χ2n) is 7.04. The lowest BCUT2D eigenvalue weighted by atomic mass is 10.1. The lowest BCUT2D eigenvalue weighted by Crippen LogP contribution is -2.38. The van der Waals surface area contributed by atoms with Crippen molar-refractivity contribution in [2.24, 2.45) is 11.8 Å². The molecule has 4 unspecified atom stereocenters. The third kappa shape index (κ3) is 4.69. The van der Waals surface area contributed by atoms with Gasteiger partial charge in [-0.05, 0) is 51.6 Å². The fourth-order valence-corrected chi connectivity index (χ4v) is 3.79. The summed E-state index contributed by atoms with van der Waals surface area (Å²) in [5.41, 5.74) is 0. The molecule has 2 aliphatic rings. The molecule has 0 aromatic heterocycles. The summed E-state index contributed by atoms with van der Waals surface area (Å²) < 4.78 is 0. The van der Waals surface area contributed by atoms with Crippen LogP contribution in [0.5, 0.6) is 0 Å². The highest BCUT2D eigenvalue weighted by Crippen LogP contribution is 2.27. The number of rotatable bonds is 7. The molecule has 118 valence electrons. The van der Waals surface area contributed by atoms with Crippen molar-refractivity contribution in [1.29, 1.82) is 0 Å². The van der Waals surface area contributed by atoms with Gasteiger partial charge in [-0.1, -0.05) is 12.8 Å². The van der Waals surface area contributed by atoms with Gasteiger partial charge in [0.15, 0.2) is 0 Å². The van der Waals surface area contributed by atoms with Gasteiger partial charge in [-0.2, -0.15) is 0 Å². The second kappa shape index (κ2) is 7.74. The van der Waals surface area contributed by atoms with Crippen molar-refractivity contribution < 1.29 is 10.2 Å². The number of aliphatic hydroxyl groups excluding tert-OH is 2. The summed E-state index contributed by atoms with van der Waals surface area (Å²) in [5.74, 6) is 0.948. The van der Waals surface area contributed by atoms with E-state index in [-0.39, 0.29) is 12.2 Å². The first-order valence-electron chi connectivity index (χ1n) is 8.29. The van der Waals surface area contributed by atoms with E-state index in [4.69, 9.17) is 0 Å². The molecule has 0 radical (unpaired) electrons. The first-order chi connectivity index (χ1) is 9.56. The third-order valence-corrected chi connectivity index (χ3v) is 5.19. The van der Waals surface area contributed by atoms with Crippen molar-refractivity contribution in [1.82, 2.24) is 9.80 Å². The van der Waals surface area contributed by atoms with Gasteiger partial charge in [-0.3, -0.25) is 0 Å². The quantitative estimate of drug-likeness (QED) is 0.737.